The van der Waals surface area contributed by atoms with Crippen molar-refractivity contribution in [1.82, 2.24) is 15.1 Å². The van der Waals surface area contributed by atoms with Crippen molar-refractivity contribution < 1.29 is 18.3 Å². The maximum Gasteiger partial charge on any atom is 0.387 e. The Morgan fingerprint density at radius 1 is 1.33 bits per heavy atom. The van der Waals surface area contributed by atoms with E-state index in [9.17, 15) is 13.6 Å². The number of carbonyl (C=O) groups excluding carboxylic acids is 1. The molecule has 0 saturated heterocycles. The molecule has 8 heteroatoms. The summed E-state index contributed by atoms with van der Waals surface area (Å²) in [6.45, 7) is 0.917. The molecule has 2 aromatic rings. The van der Waals surface area contributed by atoms with Gasteiger partial charge in [0.15, 0.2) is 0 Å². The molecule has 1 aromatic heterocycles. The van der Waals surface area contributed by atoms with E-state index >= 15 is 0 Å². The van der Waals surface area contributed by atoms with E-state index in [1.807, 2.05) is 11.3 Å². The maximum absolute atomic E-state index is 12.2. The van der Waals surface area contributed by atoms with Crippen molar-refractivity contribution >= 4 is 17.4 Å². The molecule has 27 heavy (non-hydrogen) atoms. The SMILES string of the molecule is CN(Cc1ccc(OC(F)F)cc1)C(=O)NCCN1CCc2sccc2C1. The molecule has 0 bridgehead atoms. The fraction of sp³-hybridized carbons (Fsp3) is 0.421. The van der Waals surface area contributed by atoms with E-state index in [2.05, 4.69) is 26.4 Å². The first-order chi connectivity index (χ1) is 13.0. The third-order valence-corrected chi connectivity index (χ3v) is 5.53. The number of urea groups is 1. The molecule has 1 aromatic carbocycles. The molecule has 0 saturated carbocycles. The Hall–Kier alpha value is -2.19. The topological polar surface area (TPSA) is 44.8 Å². The highest BCUT2D eigenvalue weighted by Crippen LogP contribution is 2.23. The standard InChI is InChI=1S/C19H23F2N3O2S/c1-23(12-14-2-4-16(5-3-14)26-18(20)21)19(25)22-8-10-24-9-6-17-15(13-24)7-11-27-17/h2-5,7,11,18H,6,8-10,12-13H2,1H3,(H,22,25). The molecule has 3 rings (SSSR count). The van der Waals surface area contributed by atoms with Crippen LogP contribution in [0.4, 0.5) is 13.6 Å². The summed E-state index contributed by atoms with van der Waals surface area (Å²) in [5.41, 5.74) is 2.24. The quantitative estimate of drug-likeness (QED) is 0.780. The Morgan fingerprint density at radius 3 is 2.85 bits per heavy atom. The van der Waals surface area contributed by atoms with E-state index in [4.69, 9.17) is 0 Å². The van der Waals surface area contributed by atoms with Gasteiger partial charge in [0.05, 0.1) is 0 Å². The molecule has 2 amide bonds. The summed E-state index contributed by atoms with van der Waals surface area (Å²) in [6, 6.07) is 8.32. The second-order valence-corrected chi connectivity index (χ2v) is 7.51. The molecule has 0 spiro atoms. The Labute approximate surface area is 161 Å². The summed E-state index contributed by atoms with van der Waals surface area (Å²) >= 11 is 1.82. The van der Waals surface area contributed by atoms with E-state index in [1.54, 1.807) is 24.1 Å². The maximum atomic E-state index is 12.2. The zero-order chi connectivity index (χ0) is 19.2. The molecule has 1 aliphatic rings. The Kier molecular flexibility index (Phi) is 6.63. The minimum atomic E-state index is -2.84. The molecule has 5 nitrogen and oxygen atoms in total. The minimum Gasteiger partial charge on any atom is -0.435 e. The van der Waals surface area contributed by atoms with Crippen LogP contribution in [-0.2, 0) is 19.5 Å². The van der Waals surface area contributed by atoms with Gasteiger partial charge in [-0.1, -0.05) is 12.1 Å². The highest BCUT2D eigenvalue weighted by atomic mass is 32.1. The van der Waals surface area contributed by atoms with Crippen molar-refractivity contribution in [1.29, 1.82) is 0 Å². The van der Waals surface area contributed by atoms with Gasteiger partial charge in [-0.2, -0.15) is 8.78 Å². The van der Waals surface area contributed by atoms with Crippen molar-refractivity contribution in [2.24, 2.45) is 0 Å². The predicted molar refractivity (Wildman–Crippen MR) is 101 cm³/mol. The lowest BCUT2D eigenvalue weighted by Gasteiger charge is -2.27. The summed E-state index contributed by atoms with van der Waals surface area (Å²) in [7, 11) is 1.71. The average Bonchev–Trinajstić information content (AvgIpc) is 3.10. The number of thiophene rings is 1. The summed E-state index contributed by atoms with van der Waals surface area (Å²) in [6.07, 6.45) is 1.08. The first-order valence-electron chi connectivity index (χ1n) is 8.81. The smallest absolute Gasteiger partial charge is 0.387 e. The number of hydrogen-bond acceptors (Lipinski definition) is 4. The van der Waals surface area contributed by atoms with Crippen LogP contribution >= 0.6 is 11.3 Å². The largest absolute Gasteiger partial charge is 0.435 e. The van der Waals surface area contributed by atoms with E-state index in [0.717, 1.165) is 31.6 Å². The third-order valence-electron chi connectivity index (χ3n) is 4.51. The molecule has 2 heterocycles. The van der Waals surface area contributed by atoms with Gasteiger partial charge >= 0.3 is 12.6 Å². The number of fused-ring (bicyclic) bond motifs is 1. The van der Waals surface area contributed by atoms with Crippen molar-refractivity contribution in [3.8, 4) is 5.75 Å². The molecule has 0 fully saturated rings. The van der Waals surface area contributed by atoms with E-state index < -0.39 is 6.61 Å². The van der Waals surface area contributed by atoms with E-state index in [-0.39, 0.29) is 11.8 Å². The second kappa shape index (κ2) is 9.14. The van der Waals surface area contributed by atoms with Gasteiger partial charge in [-0.3, -0.25) is 4.90 Å². The van der Waals surface area contributed by atoms with Crippen molar-refractivity contribution in [3.05, 3.63) is 51.7 Å². The predicted octanol–water partition coefficient (Wildman–Crippen LogP) is 3.55. The van der Waals surface area contributed by atoms with Gasteiger partial charge in [-0.05, 0) is 41.1 Å². The van der Waals surface area contributed by atoms with Gasteiger partial charge < -0.3 is 15.0 Å². The number of halogens is 2. The summed E-state index contributed by atoms with van der Waals surface area (Å²) in [5.74, 6) is 0.108. The first kappa shape index (κ1) is 19.6. The van der Waals surface area contributed by atoms with E-state index in [0.29, 0.717) is 13.1 Å². The molecule has 0 atom stereocenters. The molecule has 1 N–H and O–H groups in total. The number of nitrogens with zero attached hydrogens (tertiary/aromatic N) is 2. The number of carbonyl (C=O) groups is 1. The Balaban J connectivity index is 1.39. The molecule has 1 aliphatic heterocycles. The number of ether oxygens (including phenoxy) is 1. The van der Waals surface area contributed by atoms with Gasteiger partial charge in [0, 0.05) is 44.6 Å². The first-order valence-corrected chi connectivity index (χ1v) is 9.69. The summed E-state index contributed by atoms with van der Waals surface area (Å²) in [4.78, 5) is 17.6. The number of alkyl halides is 2. The molecular weight excluding hydrogens is 372 g/mol. The van der Waals surface area contributed by atoms with Gasteiger partial charge in [-0.15, -0.1) is 11.3 Å². The molecule has 0 unspecified atom stereocenters. The van der Waals surface area contributed by atoms with Crippen molar-refractivity contribution in [3.63, 3.8) is 0 Å². The number of benzene rings is 1. The van der Waals surface area contributed by atoms with Gasteiger partial charge in [0.2, 0.25) is 0 Å². The van der Waals surface area contributed by atoms with Crippen LogP contribution in [0.15, 0.2) is 35.7 Å². The second-order valence-electron chi connectivity index (χ2n) is 6.51. The third kappa shape index (κ3) is 5.64. The number of hydrogen-bond donors (Lipinski definition) is 1. The molecule has 0 radical (unpaired) electrons. The lowest BCUT2D eigenvalue weighted by atomic mass is 10.1. The van der Waals surface area contributed by atoms with Crippen LogP contribution < -0.4 is 10.1 Å². The summed E-state index contributed by atoms with van der Waals surface area (Å²) in [5, 5.41) is 5.07. The van der Waals surface area contributed by atoms with Crippen LogP contribution in [0.2, 0.25) is 0 Å². The van der Waals surface area contributed by atoms with Crippen LogP contribution in [0.25, 0.3) is 0 Å². The van der Waals surface area contributed by atoms with E-state index in [1.165, 1.54) is 22.6 Å². The van der Waals surface area contributed by atoms with Gasteiger partial charge in [0.1, 0.15) is 5.75 Å². The fourth-order valence-corrected chi connectivity index (χ4v) is 3.97. The Bertz CT molecular complexity index is 752. The molecule has 146 valence electrons. The fourth-order valence-electron chi connectivity index (χ4n) is 3.08. The van der Waals surface area contributed by atoms with Crippen molar-refractivity contribution in [2.75, 3.05) is 26.7 Å². The lowest BCUT2D eigenvalue weighted by Crippen LogP contribution is -2.42. The zero-order valence-corrected chi connectivity index (χ0v) is 16.0. The van der Waals surface area contributed by atoms with Crippen LogP contribution in [0, 0.1) is 0 Å². The number of rotatable bonds is 7. The van der Waals surface area contributed by atoms with Gasteiger partial charge in [0.25, 0.3) is 0 Å². The highest BCUT2D eigenvalue weighted by Gasteiger charge is 2.17. The monoisotopic (exact) mass is 395 g/mol. The normalized spacial score (nSPS) is 14.1. The number of nitrogens with one attached hydrogen (secondary N) is 1. The van der Waals surface area contributed by atoms with Crippen LogP contribution in [0.5, 0.6) is 5.75 Å². The average molecular weight is 395 g/mol. The Morgan fingerprint density at radius 2 is 2.11 bits per heavy atom. The van der Waals surface area contributed by atoms with Crippen LogP contribution in [0.3, 0.4) is 0 Å². The summed E-state index contributed by atoms with van der Waals surface area (Å²) < 4.78 is 28.6. The van der Waals surface area contributed by atoms with Crippen molar-refractivity contribution in [2.45, 2.75) is 26.1 Å². The van der Waals surface area contributed by atoms with Gasteiger partial charge in [-0.25, -0.2) is 4.79 Å². The molecule has 0 aliphatic carbocycles. The number of amides is 2. The molecular formula is C19H23F2N3O2S. The van der Waals surface area contributed by atoms with Crippen LogP contribution in [0.1, 0.15) is 16.0 Å². The van der Waals surface area contributed by atoms with Crippen LogP contribution in [-0.4, -0.2) is 49.1 Å². The highest BCUT2D eigenvalue weighted by molar-refractivity contribution is 7.10. The minimum absolute atomic E-state index is 0.108. The lowest BCUT2D eigenvalue weighted by molar-refractivity contribution is -0.0498. The zero-order valence-electron chi connectivity index (χ0n) is 15.2.